The third-order valence-corrected chi connectivity index (χ3v) is 4.35. The van der Waals surface area contributed by atoms with E-state index < -0.39 is 6.17 Å². The number of hydrogen-bond acceptors (Lipinski definition) is 3. The van der Waals surface area contributed by atoms with Crippen LogP contribution in [-0.2, 0) is 0 Å². The molecule has 1 aromatic rings. The van der Waals surface area contributed by atoms with E-state index in [1.54, 1.807) is 18.3 Å². The second-order valence-corrected chi connectivity index (χ2v) is 5.56. The Morgan fingerprint density at radius 1 is 1.20 bits per heavy atom. The minimum atomic E-state index is -0.687. The van der Waals surface area contributed by atoms with Crippen molar-refractivity contribution in [2.75, 3.05) is 26.2 Å². The molecule has 0 spiro atoms. The van der Waals surface area contributed by atoms with Gasteiger partial charge in [-0.2, -0.15) is 0 Å². The standard InChI is InChI=1S/C15H20FN3O/c16-12-4-3-6-14(12)18-8-10-19(11-9-18)15(20)13-5-1-2-7-17-13/h1-2,5,7,12,14H,3-4,6,8-11H2. The van der Waals surface area contributed by atoms with Crippen LogP contribution in [0.1, 0.15) is 29.8 Å². The third-order valence-electron chi connectivity index (χ3n) is 4.35. The van der Waals surface area contributed by atoms with E-state index in [1.165, 1.54) is 0 Å². The number of amides is 1. The molecule has 5 heteroatoms. The molecule has 1 saturated carbocycles. The van der Waals surface area contributed by atoms with Crippen LogP contribution in [0.2, 0.25) is 0 Å². The first-order valence-electron chi connectivity index (χ1n) is 7.34. The predicted molar refractivity (Wildman–Crippen MR) is 74.2 cm³/mol. The quantitative estimate of drug-likeness (QED) is 0.826. The number of rotatable bonds is 2. The Balaban J connectivity index is 1.57. The number of pyridine rings is 1. The molecular formula is C15H20FN3O. The van der Waals surface area contributed by atoms with Crippen LogP contribution in [0.4, 0.5) is 4.39 Å². The first-order chi connectivity index (χ1) is 9.75. The molecule has 2 atom stereocenters. The average Bonchev–Trinajstić information content (AvgIpc) is 2.94. The van der Waals surface area contributed by atoms with Crippen molar-refractivity contribution in [3.05, 3.63) is 30.1 Å². The Labute approximate surface area is 118 Å². The average molecular weight is 277 g/mol. The summed E-state index contributed by atoms with van der Waals surface area (Å²) in [6.45, 7) is 2.87. The number of aromatic nitrogens is 1. The molecule has 3 rings (SSSR count). The SMILES string of the molecule is O=C(c1ccccn1)N1CCN(C2CCCC2F)CC1. The van der Waals surface area contributed by atoms with Gasteiger partial charge in [-0.15, -0.1) is 0 Å². The third kappa shape index (κ3) is 2.68. The lowest BCUT2D eigenvalue weighted by atomic mass is 10.1. The van der Waals surface area contributed by atoms with Gasteiger partial charge in [-0.3, -0.25) is 14.7 Å². The molecule has 108 valence electrons. The van der Waals surface area contributed by atoms with Crippen LogP contribution in [0.5, 0.6) is 0 Å². The largest absolute Gasteiger partial charge is 0.335 e. The van der Waals surface area contributed by atoms with Gasteiger partial charge in [-0.25, -0.2) is 4.39 Å². The Morgan fingerprint density at radius 2 is 2.00 bits per heavy atom. The van der Waals surface area contributed by atoms with Gasteiger partial charge < -0.3 is 4.90 Å². The summed E-state index contributed by atoms with van der Waals surface area (Å²) in [4.78, 5) is 20.4. The zero-order valence-corrected chi connectivity index (χ0v) is 11.5. The van der Waals surface area contributed by atoms with E-state index in [0.717, 1.165) is 25.9 Å². The number of piperazine rings is 1. The Morgan fingerprint density at radius 3 is 2.60 bits per heavy atom. The molecule has 0 N–H and O–H groups in total. The maximum atomic E-state index is 13.8. The summed E-state index contributed by atoms with van der Waals surface area (Å²) in [7, 11) is 0. The van der Waals surface area contributed by atoms with Crippen molar-refractivity contribution in [1.82, 2.24) is 14.8 Å². The molecular weight excluding hydrogens is 257 g/mol. The van der Waals surface area contributed by atoms with Crippen LogP contribution in [0.3, 0.4) is 0 Å². The highest BCUT2D eigenvalue weighted by molar-refractivity contribution is 5.92. The van der Waals surface area contributed by atoms with E-state index in [-0.39, 0.29) is 11.9 Å². The second kappa shape index (κ2) is 5.87. The lowest BCUT2D eigenvalue weighted by molar-refractivity contribution is 0.0483. The highest BCUT2D eigenvalue weighted by Gasteiger charge is 2.34. The minimum Gasteiger partial charge on any atom is -0.335 e. The number of nitrogens with zero attached hydrogens (tertiary/aromatic N) is 3. The maximum absolute atomic E-state index is 13.8. The number of hydrogen-bond donors (Lipinski definition) is 0. The molecule has 1 amide bonds. The van der Waals surface area contributed by atoms with E-state index in [9.17, 15) is 9.18 Å². The van der Waals surface area contributed by atoms with E-state index >= 15 is 0 Å². The topological polar surface area (TPSA) is 36.4 Å². The molecule has 4 nitrogen and oxygen atoms in total. The van der Waals surface area contributed by atoms with E-state index in [0.29, 0.717) is 25.2 Å². The van der Waals surface area contributed by atoms with Gasteiger partial charge in [-0.1, -0.05) is 6.07 Å². The summed E-state index contributed by atoms with van der Waals surface area (Å²) in [6.07, 6.45) is 3.58. The molecule has 20 heavy (non-hydrogen) atoms. The maximum Gasteiger partial charge on any atom is 0.272 e. The molecule has 1 aromatic heterocycles. The molecule has 0 bridgehead atoms. The van der Waals surface area contributed by atoms with Gasteiger partial charge >= 0.3 is 0 Å². The highest BCUT2D eigenvalue weighted by Crippen LogP contribution is 2.27. The van der Waals surface area contributed by atoms with E-state index in [4.69, 9.17) is 0 Å². The van der Waals surface area contributed by atoms with Gasteiger partial charge in [0, 0.05) is 38.4 Å². The highest BCUT2D eigenvalue weighted by atomic mass is 19.1. The van der Waals surface area contributed by atoms with Crippen molar-refractivity contribution >= 4 is 5.91 Å². The van der Waals surface area contributed by atoms with Gasteiger partial charge in [0.15, 0.2) is 0 Å². The number of carbonyl (C=O) groups excluding carboxylic acids is 1. The predicted octanol–water partition coefficient (Wildman–Crippen LogP) is 1.73. The van der Waals surface area contributed by atoms with E-state index in [2.05, 4.69) is 9.88 Å². The van der Waals surface area contributed by atoms with Crippen molar-refractivity contribution in [3.8, 4) is 0 Å². The molecule has 2 fully saturated rings. The molecule has 2 unspecified atom stereocenters. The summed E-state index contributed by atoms with van der Waals surface area (Å²) >= 11 is 0. The normalized spacial score (nSPS) is 27.8. The fraction of sp³-hybridized carbons (Fsp3) is 0.600. The first-order valence-corrected chi connectivity index (χ1v) is 7.34. The second-order valence-electron chi connectivity index (χ2n) is 5.56. The zero-order chi connectivity index (χ0) is 13.9. The summed E-state index contributed by atoms with van der Waals surface area (Å²) < 4.78 is 13.8. The van der Waals surface area contributed by atoms with E-state index in [1.807, 2.05) is 11.0 Å². The monoisotopic (exact) mass is 277 g/mol. The fourth-order valence-electron chi connectivity index (χ4n) is 3.21. The van der Waals surface area contributed by atoms with Crippen LogP contribution in [0.15, 0.2) is 24.4 Å². The van der Waals surface area contributed by atoms with Crippen molar-refractivity contribution in [2.45, 2.75) is 31.5 Å². The molecule has 2 heterocycles. The van der Waals surface area contributed by atoms with Crippen molar-refractivity contribution in [2.24, 2.45) is 0 Å². The van der Waals surface area contributed by atoms with Crippen LogP contribution in [-0.4, -0.2) is 59.1 Å². The summed E-state index contributed by atoms with van der Waals surface area (Å²) in [6, 6.07) is 5.43. The molecule has 2 aliphatic rings. The number of alkyl halides is 1. The van der Waals surface area contributed by atoms with Crippen LogP contribution in [0, 0.1) is 0 Å². The Hall–Kier alpha value is -1.49. The van der Waals surface area contributed by atoms with Gasteiger partial charge in [0.2, 0.25) is 0 Å². The molecule has 0 aromatic carbocycles. The number of carbonyl (C=O) groups is 1. The zero-order valence-electron chi connectivity index (χ0n) is 11.5. The summed E-state index contributed by atoms with van der Waals surface area (Å²) in [5.41, 5.74) is 0.491. The first kappa shape index (κ1) is 13.5. The molecule has 0 radical (unpaired) electrons. The van der Waals surface area contributed by atoms with Crippen molar-refractivity contribution < 1.29 is 9.18 Å². The van der Waals surface area contributed by atoms with Crippen molar-refractivity contribution in [1.29, 1.82) is 0 Å². The lowest BCUT2D eigenvalue weighted by Crippen LogP contribution is -2.53. The Bertz CT molecular complexity index is 459. The summed E-state index contributed by atoms with van der Waals surface area (Å²) in [5.74, 6) is -0.0199. The van der Waals surface area contributed by atoms with Gasteiger partial charge in [0.25, 0.3) is 5.91 Å². The van der Waals surface area contributed by atoms with Gasteiger partial charge in [-0.05, 0) is 31.4 Å². The smallest absolute Gasteiger partial charge is 0.272 e. The number of halogens is 1. The van der Waals surface area contributed by atoms with Gasteiger partial charge in [0.05, 0.1) is 0 Å². The van der Waals surface area contributed by atoms with Crippen LogP contribution >= 0.6 is 0 Å². The van der Waals surface area contributed by atoms with Crippen LogP contribution in [0.25, 0.3) is 0 Å². The van der Waals surface area contributed by atoms with Gasteiger partial charge in [0.1, 0.15) is 11.9 Å². The minimum absolute atomic E-state index is 0.0199. The molecule has 1 saturated heterocycles. The molecule has 1 aliphatic heterocycles. The van der Waals surface area contributed by atoms with Crippen molar-refractivity contribution in [3.63, 3.8) is 0 Å². The lowest BCUT2D eigenvalue weighted by Gasteiger charge is -2.38. The fourth-order valence-corrected chi connectivity index (χ4v) is 3.21. The van der Waals surface area contributed by atoms with Crippen LogP contribution < -0.4 is 0 Å². The summed E-state index contributed by atoms with van der Waals surface area (Å²) in [5, 5.41) is 0. The molecule has 1 aliphatic carbocycles. The Kier molecular flexibility index (Phi) is 3.96.